The van der Waals surface area contributed by atoms with Gasteiger partial charge in [-0.15, -0.1) is 0 Å². The Labute approximate surface area is 78.8 Å². The Morgan fingerprint density at radius 2 is 1.62 bits per heavy atom. The number of fused-ring (bicyclic) bond motifs is 1. The van der Waals surface area contributed by atoms with Crippen LogP contribution >= 0.6 is 0 Å². The summed E-state index contributed by atoms with van der Waals surface area (Å²) in [6.07, 6.45) is 2.98. The van der Waals surface area contributed by atoms with Gasteiger partial charge in [-0.25, -0.2) is 0 Å². The summed E-state index contributed by atoms with van der Waals surface area (Å²) in [5.41, 5.74) is 5.43. The van der Waals surface area contributed by atoms with Crippen LogP contribution in [0, 0.1) is 19.8 Å². The van der Waals surface area contributed by atoms with Crippen molar-refractivity contribution >= 4 is 6.29 Å². The molecule has 0 fully saturated rings. The third-order valence-electron chi connectivity index (χ3n) is 2.97. The van der Waals surface area contributed by atoms with Gasteiger partial charge in [-0.1, -0.05) is 12.1 Å². The third-order valence-corrected chi connectivity index (χ3v) is 2.97. The number of carbonyl (C=O) groups excluding carboxylic acids is 1. The highest BCUT2D eigenvalue weighted by molar-refractivity contribution is 5.58. The van der Waals surface area contributed by atoms with Gasteiger partial charge in [0.1, 0.15) is 6.29 Å². The van der Waals surface area contributed by atoms with Gasteiger partial charge in [0.25, 0.3) is 0 Å². The summed E-state index contributed by atoms with van der Waals surface area (Å²) in [7, 11) is 0. The average molecular weight is 174 g/mol. The predicted molar refractivity (Wildman–Crippen MR) is 52.9 cm³/mol. The van der Waals surface area contributed by atoms with E-state index < -0.39 is 0 Å². The molecule has 0 heterocycles. The zero-order valence-electron chi connectivity index (χ0n) is 8.13. The largest absolute Gasteiger partial charge is 0.303 e. The van der Waals surface area contributed by atoms with E-state index in [0.29, 0.717) is 0 Å². The average Bonchev–Trinajstić information content (AvgIpc) is 2.48. The Morgan fingerprint density at radius 3 is 2.00 bits per heavy atom. The molecule has 13 heavy (non-hydrogen) atoms. The molecule has 0 atom stereocenters. The van der Waals surface area contributed by atoms with Crippen molar-refractivity contribution in [1.82, 2.24) is 0 Å². The van der Waals surface area contributed by atoms with E-state index in [2.05, 4.69) is 26.0 Å². The summed E-state index contributed by atoms with van der Waals surface area (Å²) < 4.78 is 0. The summed E-state index contributed by atoms with van der Waals surface area (Å²) in [4.78, 5) is 10.6. The molecule has 0 radical (unpaired) electrons. The number of hydrogen-bond donors (Lipinski definition) is 0. The minimum atomic E-state index is 0.233. The summed E-state index contributed by atoms with van der Waals surface area (Å²) in [6.45, 7) is 4.26. The van der Waals surface area contributed by atoms with E-state index in [0.717, 1.165) is 19.1 Å². The second-order valence-electron chi connectivity index (χ2n) is 4.01. The van der Waals surface area contributed by atoms with E-state index in [-0.39, 0.29) is 5.92 Å². The normalized spacial score (nSPS) is 15.8. The Bertz CT molecular complexity index is 321. The van der Waals surface area contributed by atoms with Gasteiger partial charge >= 0.3 is 0 Å². The van der Waals surface area contributed by atoms with Gasteiger partial charge in [-0.05, 0) is 48.9 Å². The van der Waals surface area contributed by atoms with Crippen LogP contribution in [-0.4, -0.2) is 6.29 Å². The highest BCUT2D eigenvalue weighted by atomic mass is 16.1. The molecule has 2 rings (SSSR count). The molecule has 1 aliphatic carbocycles. The lowest BCUT2D eigenvalue weighted by atomic mass is 10.0. The molecule has 0 aromatic heterocycles. The van der Waals surface area contributed by atoms with Gasteiger partial charge < -0.3 is 4.79 Å². The van der Waals surface area contributed by atoms with Crippen molar-refractivity contribution in [3.05, 3.63) is 34.4 Å². The molecule has 0 N–H and O–H groups in total. The minimum Gasteiger partial charge on any atom is -0.303 e. The van der Waals surface area contributed by atoms with Crippen LogP contribution in [0.15, 0.2) is 12.1 Å². The van der Waals surface area contributed by atoms with Crippen molar-refractivity contribution in [2.45, 2.75) is 26.7 Å². The van der Waals surface area contributed by atoms with E-state index in [4.69, 9.17) is 0 Å². The maximum atomic E-state index is 10.6. The molecule has 1 aromatic carbocycles. The molecule has 0 unspecified atom stereocenters. The Morgan fingerprint density at radius 1 is 1.15 bits per heavy atom. The van der Waals surface area contributed by atoms with Gasteiger partial charge in [-0.2, -0.15) is 0 Å². The number of carbonyl (C=O) groups is 1. The molecule has 0 amide bonds. The van der Waals surface area contributed by atoms with Crippen LogP contribution in [0.2, 0.25) is 0 Å². The van der Waals surface area contributed by atoms with Crippen molar-refractivity contribution in [2.24, 2.45) is 5.92 Å². The molecule has 1 aliphatic rings. The first-order valence-electron chi connectivity index (χ1n) is 4.75. The Kier molecular flexibility index (Phi) is 1.95. The Balaban J connectivity index is 2.41. The number of rotatable bonds is 1. The molecule has 0 spiro atoms. The zero-order valence-corrected chi connectivity index (χ0v) is 8.13. The molecule has 1 nitrogen and oxygen atoms in total. The van der Waals surface area contributed by atoms with Gasteiger partial charge in [-0.3, -0.25) is 0 Å². The van der Waals surface area contributed by atoms with Crippen molar-refractivity contribution in [1.29, 1.82) is 0 Å². The fourth-order valence-electron chi connectivity index (χ4n) is 2.05. The molecule has 0 saturated carbocycles. The van der Waals surface area contributed by atoms with Gasteiger partial charge in [0.05, 0.1) is 0 Å². The standard InChI is InChI=1S/C12H14O/c1-8-3-11-5-10(7-13)6-12(11)4-9(8)2/h3-4,7,10H,5-6H2,1-2H3. The molecule has 1 heteroatoms. The van der Waals surface area contributed by atoms with Crippen LogP contribution in [0.5, 0.6) is 0 Å². The SMILES string of the molecule is Cc1cc2c(cc1C)CC(C=O)C2. The molecule has 68 valence electrons. The fraction of sp³-hybridized carbons (Fsp3) is 0.417. The fourth-order valence-corrected chi connectivity index (χ4v) is 2.05. The second-order valence-corrected chi connectivity index (χ2v) is 4.01. The summed E-state index contributed by atoms with van der Waals surface area (Å²) in [5, 5.41) is 0. The van der Waals surface area contributed by atoms with Crippen LogP contribution < -0.4 is 0 Å². The smallest absolute Gasteiger partial charge is 0.123 e. The number of aldehydes is 1. The Hall–Kier alpha value is -1.11. The third kappa shape index (κ3) is 1.39. The van der Waals surface area contributed by atoms with Crippen molar-refractivity contribution < 1.29 is 4.79 Å². The van der Waals surface area contributed by atoms with Crippen molar-refractivity contribution in [3.8, 4) is 0 Å². The summed E-state index contributed by atoms with van der Waals surface area (Å²) in [6, 6.07) is 4.46. The first-order valence-corrected chi connectivity index (χ1v) is 4.75. The van der Waals surface area contributed by atoms with Crippen LogP contribution in [0.25, 0.3) is 0 Å². The van der Waals surface area contributed by atoms with Gasteiger partial charge in [0, 0.05) is 5.92 Å². The topological polar surface area (TPSA) is 17.1 Å². The number of hydrogen-bond acceptors (Lipinski definition) is 1. The maximum absolute atomic E-state index is 10.6. The maximum Gasteiger partial charge on any atom is 0.123 e. The molecule has 1 aromatic rings. The highest BCUT2D eigenvalue weighted by Gasteiger charge is 2.20. The van der Waals surface area contributed by atoms with Crippen molar-refractivity contribution in [3.63, 3.8) is 0 Å². The summed E-state index contributed by atoms with van der Waals surface area (Å²) in [5.74, 6) is 0.233. The van der Waals surface area contributed by atoms with Crippen LogP contribution in [0.3, 0.4) is 0 Å². The van der Waals surface area contributed by atoms with E-state index in [1.807, 2.05) is 0 Å². The molecular weight excluding hydrogens is 160 g/mol. The quantitative estimate of drug-likeness (QED) is 0.597. The molecule has 0 saturated heterocycles. The first kappa shape index (κ1) is 8.49. The molecular formula is C12H14O. The zero-order chi connectivity index (χ0) is 9.42. The van der Waals surface area contributed by atoms with Crippen molar-refractivity contribution in [2.75, 3.05) is 0 Å². The van der Waals surface area contributed by atoms with E-state index in [1.54, 1.807) is 0 Å². The van der Waals surface area contributed by atoms with Crippen LogP contribution in [0.4, 0.5) is 0 Å². The monoisotopic (exact) mass is 174 g/mol. The molecule has 0 bridgehead atoms. The molecule has 0 aliphatic heterocycles. The van der Waals surface area contributed by atoms with Crippen LogP contribution in [-0.2, 0) is 17.6 Å². The predicted octanol–water partition coefficient (Wildman–Crippen LogP) is 2.22. The van der Waals surface area contributed by atoms with E-state index >= 15 is 0 Å². The number of benzene rings is 1. The lowest BCUT2D eigenvalue weighted by molar-refractivity contribution is -0.110. The lowest BCUT2D eigenvalue weighted by Gasteiger charge is -2.03. The summed E-state index contributed by atoms with van der Waals surface area (Å²) >= 11 is 0. The number of aryl methyl sites for hydroxylation is 2. The first-order chi connectivity index (χ1) is 6.20. The van der Waals surface area contributed by atoms with Crippen LogP contribution in [0.1, 0.15) is 22.3 Å². The second kappa shape index (κ2) is 2.99. The van der Waals surface area contributed by atoms with E-state index in [9.17, 15) is 4.79 Å². The van der Waals surface area contributed by atoms with Gasteiger partial charge in [0.15, 0.2) is 0 Å². The van der Waals surface area contributed by atoms with E-state index in [1.165, 1.54) is 22.3 Å². The van der Waals surface area contributed by atoms with Gasteiger partial charge in [0.2, 0.25) is 0 Å². The minimum absolute atomic E-state index is 0.233. The highest BCUT2D eigenvalue weighted by Crippen LogP contribution is 2.27. The lowest BCUT2D eigenvalue weighted by Crippen LogP contribution is -1.99.